The van der Waals surface area contributed by atoms with Crippen LogP contribution in [-0.2, 0) is 724 Å². The Morgan fingerprint density at radius 3 is 0.640 bits per heavy atom. The van der Waals surface area contributed by atoms with Gasteiger partial charge in [0, 0.05) is 759 Å². The van der Waals surface area contributed by atoms with E-state index in [4.69, 9.17) is 83.0 Å². The number of carbonyl (C=O) groups is 2. The molecule has 1 N–H and O–H groups in total. The minimum absolute atomic E-state index is 0. The lowest BCUT2D eigenvalue weighted by Crippen LogP contribution is -2.12. The van der Waals surface area contributed by atoms with Crippen LogP contribution in [0.4, 0.5) is 0 Å². The topological polar surface area (TPSA) is 91.9 Å². The number of rotatable bonds is 10. The molecule has 0 aliphatic carbocycles. The van der Waals surface area contributed by atoms with Gasteiger partial charge in [-0.25, -0.2) is 9.59 Å². The summed E-state index contributed by atoms with van der Waals surface area (Å²) in [7, 11) is 140. The summed E-state index contributed by atoms with van der Waals surface area (Å²) in [6, 6.07) is 40.0. The van der Waals surface area contributed by atoms with Gasteiger partial charge in [0.05, 0.1) is 18.1 Å². The van der Waals surface area contributed by atoms with Crippen LogP contribution in [-0.4, -0.2) is 33.3 Å². The molecule has 6 aromatic carbocycles. The Labute approximate surface area is 1060 Å². The van der Waals surface area contributed by atoms with E-state index < -0.39 is 11.9 Å². The van der Waals surface area contributed by atoms with Crippen molar-refractivity contribution in [2.75, 3.05) is 7.11 Å². The first-order valence-corrected chi connectivity index (χ1v) is 138. The molecular weight excluding hydrogens is 3510 g/mol. The number of carboxylic acids is 1. The van der Waals surface area contributed by atoms with Crippen molar-refractivity contribution in [2.24, 2.45) is 0 Å². The fourth-order valence-corrected chi connectivity index (χ4v) is 214. The number of carbonyl (C=O) groups excluding carboxylic acids is 1. The van der Waals surface area contributed by atoms with E-state index in [2.05, 4.69) is 31.9 Å². The number of ether oxygens (including phenoxy) is 3. The molecule has 0 spiro atoms. The highest BCUT2D eigenvalue weighted by Gasteiger charge is 2.27. The van der Waals surface area contributed by atoms with Gasteiger partial charge in [0.25, 0.3) is 0 Å². The van der Waals surface area contributed by atoms with E-state index >= 15 is 0 Å². The maximum absolute atomic E-state index is 12.8. The van der Waals surface area contributed by atoms with Crippen molar-refractivity contribution in [3.8, 4) is 23.0 Å². The van der Waals surface area contributed by atoms with Crippen LogP contribution in [0.15, 0.2) is 142 Å². The van der Waals surface area contributed by atoms with Crippen molar-refractivity contribution in [3.05, 3.63) is 185 Å². The molecular formula is C46H34Br2Cl4N2O6S79. The van der Waals surface area contributed by atoms with Crippen LogP contribution >= 0.6 is 78.3 Å². The molecule has 0 aliphatic heterocycles. The maximum Gasteiger partial charge on any atom is 0.358 e. The average Bonchev–Trinajstić information content (AvgIpc) is 1.61. The van der Waals surface area contributed by atoms with E-state index in [1.165, 1.54) is 24.9 Å². The van der Waals surface area contributed by atoms with Crippen LogP contribution in [0, 0.1) is 0 Å². The summed E-state index contributed by atoms with van der Waals surface area (Å²) in [4.78, 5) is 25.0. The molecule has 139 heavy (non-hydrogen) atoms. The van der Waals surface area contributed by atoms with Gasteiger partial charge in [0.15, 0.2) is 22.9 Å². The zero-order valence-electron chi connectivity index (χ0n) is 63.0. The Morgan fingerprint density at radius 2 is 0.453 bits per heavy atom. The van der Waals surface area contributed by atoms with Crippen LogP contribution in [0.5, 0.6) is 23.0 Å². The molecule has 0 fully saturated rings. The van der Waals surface area contributed by atoms with Gasteiger partial charge in [-0.1, -0.05) is 110 Å². The van der Waals surface area contributed by atoms with Crippen LogP contribution in [0.1, 0.15) is 39.5 Å². The van der Waals surface area contributed by atoms with E-state index in [0.717, 1.165) is 31.0 Å². The summed E-state index contributed by atoms with van der Waals surface area (Å²) < 4.78 is 22.7. The molecule has 93 heteroatoms. The number of halogens is 6. The third-order valence-electron chi connectivity index (χ3n) is 11.2. The van der Waals surface area contributed by atoms with Gasteiger partial charge < -0.3 is 28.5 Å². The highest BCUT2D eigenvalue weighted by atomic mass is 79.9. The summed E-state index contributed by atoms with van der Waals surface area (Å²) in [5.41, 5.74) is 3.79. The average molecular weight is 3550 g/mol. The number of hydrogen-bond donors (Lipinski definition) is 1. The lowest BCUT2D eigenvalue weighted by Gasteiger charge is -2.11. The molecule has 0 saturated carbocycles. The zero-order valence-corrected chi connectivity index (χ0v) is 134. The Kier molecular flexibility index (Phi) is 103. The Morgan fingerprint density at radius 1 is 0.273 bits per heavy atom. The molecule has 0 atom stereocenters. The quantitative estimate of drug-likeness (QED) is 0.135. The molecule has 2 heterocycles. The van der Waals surface area contributed by atoms with Crippen molar-refractivity contribution < 1.29 is 28.9 Å². The molecule has 0 bridgehead atoms. The maximum atomic E-state index is 12.8. The third-order valence-corrected chi connectivity index (χ3v) is 182. The van der Waals surface area contributed by atoms with Gasteiger partial charge in [-0.05, 0) is 120 Å². The SMILES string of the molecule is C.COC(=O)c1c(Oc2ccc(Br)cc2)c2cc(Cl)ccc2n1Cc1ccc(Cl)cc1.O=C(O)c1c(Oc2ccc(Br)cc2)c2cc(Cl)ccc2n1Cc1ccc(Cl)cc1.S=S=S=S=S=S=S=S=S=S=S=S=S=S=S=S=S=S=S=S=S=S=S=S=S=S=S=S=S=S=S=S=S=S=S=S=S=S=S=S=S=S=S=S=S=S=S=S=S=S=S=S=S=S=S=S=S=S=S=S=S=S=S=S=S=S=S=S=S=S=S=S=S=S=S=S=S=S=S. The first kappa shape index (κ1) is 142. The van der Waals surface area contributed by atoms with Gasteiger partial charge in [-0.15, -0.1) is 0 Å². The van der Waals surface area contributed by atoms with Gasteiger partial charge in [0.1, 0.15) is 11.5 Å². The van der Waals surface area contributed by atoms with Crippen molar-refractivity contribution in [1.82, 2.24) is 9.13 Å². The number of nitrogens with zero attached hydrogens (tertiary/aromatic N) is 2. The van der Waals surface area contributed by atoms with E-state index in [1.54, 1.807) is 166 Å². The van der Waals surface area contributed by atoms with Crippen molar-refractivity contribution in [3.63, 3.8) is 0 Å². The largest absolute Gasteiger partial charge is 0.476 e. The normalized spacial score (nSPS) is 9.12. The van der Waals surface area contributed by atoms with E-state index in [9.17, 15) is 14.7 Å². The molecule has 0 radical (unpaired) electrons. The number of methoxy groups -OCH3 is 1. The molecule has 8 aromatic rings. The number of benzene rings is 6. The monoisotopic (exact) mass is 3530 g/mol. The Bertz CT molecular complexity index is 9650. The smallest absolute Gasteiger partial charge is 0.358 e. The van der Waals surface area contributed by atoms with Crippen molar-refractivity contribution >= 4 is 818 Å². The second-order valence-electron chi connectivity index (χ2n) is 18.3. The van der Waals surface area contributed by atoms with Gasteiger partial charge in [0.2, 0.25) is 0 Å². The Balaban J connectivity index is 0.000000451. The van der Waals surface area contributed by atoms with Crippen molar-refractivity contribution in [1.29, 1.82) is 0 Å². The minimum Gasteiger partial charge on any atom is -0.476 e. The number of fused-ring (bicyclic) bond motifs is 2. The molecule has 8 nitrogen and oxygen atoms in total. The fourth-order valence-electron chi connectivity index (χ4n) is 7.28. The second kappa shape index (κ2) is 101. The minimum atomic E-state index is -1.08. The summed E-state index contributed by atoms with van der Waals surface area (Å²) in [6.45, 7) is 0.782. The first-order valence-electron chi connectivity index (χ1n) is 30.7. The predicted molar refractivity (Wildman–Crippen MR) is 830 cm³/mol. The summed E-state index contributed by atoms with van der Waals surface area (Å²) in [6.07, 6.45) is 0. The zero-order chi connectivity index (χ0) is 98.2. The molecule has 0 aliphatic rings. The lowest BCUT2D eigenvalue weighted by atomic mass is 10.2. The summed E-state index contributed by atoms with van der Waals surface area (Å²) in [5.74, 6) is 0.193. The Hall–Kier alpha value is 12.4. The number of esters is 1. The second-order valence-corrected chi connectivity index (χ2v) is 158. The fraction of sp³-hybridized carbons (Fsp3) is 0.0870. The summed E-state index contributed by atoms with van der Waals surface area (Å²) in [5, 5.41) is 13.7. The van der Waals surface area contributed by atoms with E-state index in [0.29, 0.717) is 67.0 Å². The van der Waals surface area contributed by atoms with Crippen LogP contribution in [0.3, 0.4) is 0 Å². The van der Waals surface area contributed by atoms with Crippen LogP contribution in [0.2, 0.25) is 20.1 Å². The number of carboxylic acid groups (broad SMARTS) is 1. The molecule has 0 unspecified atom stereocenters. The lowest BCUT2D eigenvalue weighted by molar-refractivity contribution is 0.0585. The predicted octanol–water partition coefficient (Wildman–Crippen LogP) is 15.0. The first-order chi connectivity index (χ1) is 67.8. The number of hydrogen-bond acceptors (Lipinski definition) is 7. The van der Waals surface area contributed by atoms with Gasteiger partial charge >= 0.3 is 11.9 Å². The molecule has 0 saturated heterocycles. The van der Waals surface area contributed by atoms with E-state index in [1.807, 2.05) is 643 Å². The standard InChI is InChI=1S/C23H16BrCl2NO3.C22H14BrCl2NO3.CH4.S79/c1-29-23(28)21-22(30-18-9-4-15(24)5-10-18)19-12-17(26)8-11-20(19)27(21)13-14-2-6-16(25)7-3-14;23-14-3-8-17(9-4-14)29-21-18-11-16(25)7-10-19(18)26(20(21)22(27)28)12-13-1-5-15(24)6-2-13;;1-3-5-7-9-11-13-15-17-19-21-23-25-27-29-31-33-35-37-39-41-43-45-47-49-51-53-55-57-59-61-63-65-67-69-71-73-75-77-79-78-76-74-72-70-68-66-64-62-60-58-56-54-52-50-48-46-44-42-40-38-36-34-32-30-28-26-24-22-20-18-16-14-12-10-8-6-4-2/h2-12H,13H2,1H3;1-11H,12H2,(H,27,28);1H4;. The molecule has 8 rings (SSSR count). The van der Waals surface area contributed by atoms with Crippen LogP contribution in [0.25, 0.3) is 21.8 Å². The van der Waals surface area contributed by atoms with Crippen LogP contribution < -0.4 is 9.47 Å². The third kappa shape index (κ3) is 73.5. The molecule has 2 aromatic heterocycles. The van der Waals surface area contributed by atoms with E-state index in [-0.39, 0.29) is 18.9 Å². The highest BCUT2D eigenvalue weighted by molar-refractivity contribution is 9.11. The van der Waals surface area contributed by atoms with Gasteiger partial charge in [-0.3, -0.25) is 0 Å². The molecule has 780 valence electrons. The number of aromatic carboxylic acids is 1. The number of aromatic nitrogens is 2. The van der Waals surface area contributed by atoms with Crippen molar-refractivity contribution in [2.45, 2.75) is 20.5 Å². The van der Waals surface area contributed by atoms with Gasteiger partial charge in [-0.2, -0.15) is 0 Å². The molecule has 0 amide bonds. The summed E-state index contributed by atoms with van der Waals surface area (Å²) >= 11 is 40.9. The highest BCUT2D eigenvalue weighted by Crippen LogP contribution is 2.41.